The Labute approximate surface area is 126 Å². The highest BCUT2D eigenvalue weighted by Gasteiger charge is 2.16. The van der Waals surface area contributed by atoms with Gasteiger partial charge in [-0.05, 0) is 12.8 Å². The summed E-state index contributed by atoms with van der Waals surface area (Å²) in [4.78, 5) is 11.4. The van der Waals surface area contributed by atoms with E-state index >= 15 is 0 Å². The Morgan fingerprint density at radius 1 is 1.48 bits per heavy atom. The summed E-state index contributed by atoms with van der Waals surface area (Å²) in [6.45, 7) is 3.61. The maximum Gasteiger partial charge on any atom is 0.221 e. The third kappa shape index (κ3) is 9.76. The molecular weight excluding hydrogens is 276 g/mol. The molecule has 3 N–H and O–H groups in total. The number of carbonyl (C=O) groups is 1. The largest absolute Gasteiger partial charge is 0.389 e. The SMILES string of the molecule is COCCNC(=O)CCNCC(O)COCC1CCCO1. The van der Waals surface area contributed by atoms with Gasteiger partial charge in [-0.15, -0.1) is 0 Å². The average molecular weight is 304 g/mol. The minimum absolute atomic E-state index is 0.0244. The van der Waals surface area contributed by atoms with E-state index in [2.05, 4.69) is 10.6 Å². The molecule has 1 rings (SSSR count). The Morgan fingerprint density at radius 2 is 2.33 bits per heavy atom. The lowest BCUT2D eigenvalue weighted by molar-refractivity contribution is -0.121. The van der Waals surface area contributed by atoms with E-state index in [0.717, 1.165) is 19.4 Å². The van der Waals surface area contributed by atoms with Crippen molar-refractivity contribution < 1.29 is 24.1 Å². The van der Waals surface area contributed by atoms with Crippen LogP contribution in [-0.4, -0.2) is 76.4 Å². The quantitative estimate of drug-likeness (QED) is 0.413. The highest BCUT2D eigenvalue weighted by Crippen LogP contribution is 2.11. The van der Waals surface area contributed by atoms with Crippen LogP contribution in [-0.2, 0) is 19.0 Å². The number of hydrogen-bond acceptors (Lipinski definition) is 6. The molecule has 21 heavy (non-hydrogen) atoms. The zero-order chi connectivity index (χ0) is 15.3. The summed E-state index contributed by atoms with van der Waals surface area (Å²) in [5, 5.41) is 15.5. The van der Waals surface area contributed by atoms with Gasteiger partial charge in [0.25, 0.3) is 0 Å². The monoisotopic (exact) mass is 304 g/mol. The van der Waals surface area contributed by atoms with Crippen molar-refractivity contribution in [3.63, 3.8) is 0 Å². The van der Waals surface area contributed by atoms with Crippen LogP contribution in [0.4, 0.5) is 0 Å². The van der Waals surface area contributed by atoms with Gasteiger partial charge in [-0.1, -0.05) is 0 Å². The molecule has 1 fully saturated rings. The number of aliphatic hydroxyl groups excluding tert-OH is 1. The second kappa shape index (κ2) is 11.9. The van der Waals surface area contributed by atoms with Crippen molar-refractivity contribution in [2.45, 2.75) is 31.5 Å². The number of methoxy groups -OCH3 is 1. The molecule has 1 saturated heterocycles. The number of hydrogen-bond donors (Lipinski definition) is 3. The van der Waals surface area contributed by atoms with Gasteiger partial charge in [-0.3, -0.25) is 4.79 Å². The molecule has 7 heteroatoms. The summed E-state index contributed by atoms with van der Waals surface area (Å²) in [7, 11) is 1.59. The van der Waals surface area contributed by atoms with Crippen LogP contribution in [0.5, 0.6) is 0 Å². The topological polar surface area (TPSA) is 89.1 Å². The van der Waals surface area contributed by atoms with Gasteiger partial charge in [0.15, 0.2) is 0 Å². The lowest BCUT2D eigenvalue weighted by atomic mass is 10.2. The van der Waals surface area contributed by atoms with Gasteiger partial charge in [-0.2, -0.15) is 0 Å². The number of amides is 1. The normalized spacial score (nSPS) is 19.6. The molecule has 0 aromatic heterocycles. The summed E-state index contributed by atoms with van der Waals surface area (Å²) in [5.74, 6) is -0.0244. The molecule has 1 amide bonds. The molecule has 1 heterocycles. The number of rotatable bonds is 12. The molecule has 0 bridgehead atoms. The van der Waals surface area contributed by atoms with Crippen molar-refractivity contribution >= 4 is 5.91 Å². The Kier molecular flexibility index (Phi) is 10.4. The minimum Gasteiger partial charge on any atom is -0.389 e. The van der Waals surface area contributed by atoms with Crippen LogP contribution in [0.1, 0.15) is 19.3 Å². The molecule has 1 aliphatic heterocycles. The molecule has 7 nitrogen and oxygen atoms in total. The lowest BCUT2D eigenvalue weighted by Gasteiger charge is -2.14. The van der Waals surface area contributed by atoms with E-state index in [1.54, 1.807) is 7.11 Å². The molecule has 0 aromatic rings. The summed E-state index contributed by atoms with van der Waals surface area (Å²) in [6.07, 6.45) is 2.12. The van der Waals surface area contributed by atoms with Crippen LogP contribution in [0.3, 0.4) is 0 Å². The smallest absolute Gasteiger partial charge is 0.221 e. The van der Waals surface area contributed by atoms with Gasteiger partial charge in [0.05, 0.1) is 32.0 Å². The van der Waals surface area contributed by atoms with Crippen LogP contribution in [0, 0.1) is 0 Å². The van der Waals surface area contributed by atoms with E-state index in [1.807, 2.05) is 0 Å². The van der Waals surface area contributed by atoms with Crippen LogP contribution in [0.15, 0.2) is 0 Å². The van der Waals surface area contributed by atoms with Crippen LogP contribution >= 0.6 is 0 Å². The molecule has 0 radical (unpaired) electrons. The molecule has 1 aliphatic rings. The van der Waals surface area contributed by atoms with Crippen molar-refractivity contribution in [2.24, 2.45) is 0 Å². The van der Waals surface area contributed by atoms with Gasteiger partial charge in [-0.25, -0.2) is 0 Å². The molecule has 2 atom stereocenters. The maximum atomic E-state index is 11.4. The Bertz CT molecular complexity index is 272. The van der Waals surface area contributed by atoms with Crippen LogP contribution in [0.25, 0.3) is 0 Å². The third-order valence-corrected chi connectivity index (χ3v) is 3.18. The molecule has 2 unspecified atom stereocenters. The first-order chi connectivity index (χ1) is 10.2. The Balaban J connectivity index is 1.88. The molecular formula is C14H28N2O5. The number of carbonyl (C=O) groups excluding carboxylic acids is 1. The van der Waals surface area contributed by atoms with E-state index in [0.29, 0.717) is 39.3 Å². The first-order valence-electron chi connectivity index (χ1n) is 7.56. The predicted octanol–water partition coefficient (Wildman–Crippen LogP) is -0.715. The fourth-order valence-electron chi connectivity index (χ4n) is 2.02. The van der Waals surface area contributed by atoms with Crippen LogP contribution in [0.2, 0.25) is 0 Å². The van der Waals surface area contributed by atoms with E-state index < -0.39 is 6.10 Å². The van der Waals surface area contributed by atoms with E-state index in [9.17, 15) is 9.90 Å². The van der Waals surface area contributed by atoms with Crippen LogP contribution < -0.4 is 10.6 Å². The van der Waals surface area contributed by atoms with E-state index in [1.165, 1.54) is 0 Å². The van der Waals surface area contributed by atoms with E-state index in [4.69, 9.17) is 14.2 Å². The fraction of sp³-hybridized carbons (Fsp3) is 0.929. The second-order valence-electron chi connectivity index (χ2n) is 5.12. The van der Waals surface area contributed by atoms with Gasteiger partial charge in [0, 0.05) is 39.8 Å². The zero-order valence-corrected chi connectivity index (χ0v) is 12.8. The van der Waals surface area contributed by atoms with Crippen molar-refractivity contribution in [3.8, 4) is 0 Å². The molecule has 0 aliphatic carbocycles. The predicted molar refractivity (Wildman–Crippen MR) is 78.2 cm³/mol. The maximum absolute atomic E-state index is 11.4. The Hall–Kier alpha value is -0.730. The first-order valence-corrected chi connectivity index (χ1v) is 7.56. The molecule has 124 valence electrons. The molecule has 0 aromatic carbocycles. The van der Waals surface area contributed by atoms with Gasteiger partial charge >= 0.3 is 0 Å². The van der Waals surface area contributed by atoms with E-state index in [-0.39, 0.29) is 18.6 Å². The first kappa shape index (κ1) is 18.3. The summed E-state index contributed by atoms with van der Waals surface area (Å²) in [5.41, 5.74) is 0. The summed E-state index contributed by atoms with van der Waals surface area (Å²) in [6, 6.07) is 0. The standard InChI is InChI=1S/C14H28N2O5/c1-19-8-6-16-14(18)4-5-15-9-12(17)10-20-11-13-3-2-7-21-13/h12-13,15,17H,2-11H2,1H3,(H,16,18). The molecule has 0 saturated carbocycles. The highest BCUT2D eigenvalue weighted by molar-refractivity contribution is 5.75. The number of ether oxygens (including phenoxy) is 3. The third-order valence-electron chi connectivity index (χ3n) is 3.18. The Morgan fingerprint density at radius 3 is 3.05 bits per heavy atom. The van der Waals surface area contributed by atoms with Gasteiger partial charge in [0.2, 0.25) is 5.91 Å². The average Bonchev–Trinajstić information content (AvgIpc) is 2.97. The fourth-order valence-corrected chi connectivity index (χ4v) is 2.02. The highest BCUT2D eigenvalue weighted by atomic mass is 16.5. The number of nitrogens with one attached hydrogen (secondary N) is 2. The van der Waals surface area contributed by atoms with Crippen molar-refractivity contribution in [1.29, 1.82) is 0 Å². The zero-order valence-electron chi connectivity index (χ0n) is 12.8. The van der Waals surface area contributed by atoms with Gasteiger partial charge in [0.1, 0.15) is 0 Å². The lowest BCUT2D eigenvalue weighted by Crippen LogP contribution is -2.34. The summed E-state index contributed by atoms with van der Waals surface area (Å²) >= 11 is 0. The second-order valence-corrected chi connectivity index (χ2v) is 5.12. The minimum atomic E-state index is -0.567. The summed E-state index contributed by atoms with van der Waals surface area (Å²) < 4.78 is 15.7. The van der Waals surface area contributed by atoms with Crippen molar-refractivity contribution in [3.05, 3.63) is 0 Å². The van der Waals surface area contributed by atoms with Crippen molar-refractivity contribution in [2.75, 3.05) is 53.2 Å². The van der Waals surface area contributed by atoms with Gasteiger partial charge < -0.3 is 30.0 Å². The van der Waals surface area contributed by atoms with Crippen molar-refractivity contribution in [1.82, 2.24) is 10.6 Å². The number of aliphatic hydroxyl groups is 1. The molecule has 0 spiro atoms.